The molecule has 5 heteroatoms. The van der Waals surface area contributed by atoms with Gasteiger partial charge in [-0.25, -0.2) is 4.79 Å². The zero-order valence-electron chi connectivity index (χ0n) is 9.71. The Hall–Kier alpha value is -0.650. The predicted octanol–water partition coefficient (Wildman–Crippen LogP) is -0.0734. The zero-order chi connectivity index (χ0) is 11.7. The van der Waals surface area contributed by atoms with Crippen LogP contribution in [0.25, 0.3) is 0 Å². The van der Waals surface area contributed by atoms with E-state index in [1.54, 1.807) is 20.8 Å². The van der Waals surface area contributed by atoms with E-state index in [4.69, 9.17) is 4.74 Å². The van der Waals surface area contributed by atoms with Crippen molar-refractivity contribution >= 4 is 5.97 Å². The zero-order valence-corrected chi connectivity index (χ0v) is 9.71. The van der Waals surface area contributed by atoms with Crippen LogP contribution in [0, 0.1) is 0 Å². The monoisotopic (exact) mass is 219 g/mol. The highest BCUT2D eigenvalue weighted by atomic mass is 16.6. The van der Waals surface area contributed by atoms with Gasteiger partial charge in [0.1, 0.15) is 6.61 Å². The van der Waals surface area contributed by atoms with E-state index in [1.807, 2.05) is 0 Å². The SMILES string of the molecule is CCOC(=O)COCCNCC(C)(C)O. The Kier molecular flexibility index (Phi) is 7.29. The maximum Gasteiger partial charge on any atom is 0.332 e. The summed E-state index contributed by atoms with van der Waals surface area (Å²) in [5.41, 5.74) is -0.721. The van der Waals surface area contributed by atoms with E-state index in [0.717, 1.165) is 0 Å². The van der Waals surface area contributed by atoms with Crippen LogP contribution in [0.1, 0.15) is 20.8 Å². The number of esters is 1. The molecule has 0 aromatic rings. The molecule has 0 aliphatic heterocycles. The maximum absolute atomic E-state index is 10.8. The van der Waals surface area contributed by atoms with Crippen molar-refractivity contribution in [3.63, 3.8) is 0 Å². The third-order valence-corrected chi connectivity index (χ3v) is 1.51. The first-order chi connectivity index (χ1) is 6.95. The minimum Gasteiger partial charge on any atom is -0.464 e. The van der Waals surface area contributed by atoms with Crippen LogP contribution in [0.15, 0.2) is 0 Å². The number of aliphatic hydroxyl groups is 1. The van der Waals surface area contributed by atoms with E-state index in [-0.39, 0.29) is 12.6 Å². The fourth-order valence-electron chi connectivity index (χ4n) is 0.897. The molecule has 0 atom stereocenters. The smallest absolute Gasteiger partial charge is 0.332 e. The number of hydrogen-bond donors (Lipinski definition) is 2. The number of ether oxygens (including phenoxy) is 2. The van der Waals surface area contributed by atoms with E-state index >= 15 is 0 Å². The molecule has 0 bridgehead atoms. The van der Waals surface area contributed by atoms with Gasteiger partial charge in [-0.1, -0.05) is 0 Å². The number of hydrogen-bond acceptors (Lipinski definition) is 5. The van der Waals surface area contributed by atoms with Crippen LogP contribution in [0.2, 0.25) is 0 Å². The van der Waals surface area contributed by atoms with Crippen LogP contribution < -0.4 is 5.32 Å². The Morgan fingerprint density at radius 2 is 2.13 bits per heavy atom. The van der Waals surface area contributed by atoms with E-state index in [0.29, 0.717) is 26.3 Å². The van der Waals surface area contributed by atoms with Gasteiger partial charge in [0, 0.05) is 13.1 Å². The minimum absolute atomic E-state index is 0.0158. The van der Waals surface area contributed by atoms with Crippen molar-refractivity contribution in [2.24, 2.45) is 0 Å². The molecule has 0 spiro atoms. The van der Waals surface area contributed by atoms with Crippen molar-refractivity contribution < 1.29 is 19.4 Å². The molecule has 0 aromatic carbocycles. The van der Waals surface area contributed by atoms with Crippen LogP contribution in [0.5, 0.6) is 0 Å². The summed E-state index contributed by atoms with van der Waals surface area (Å²) in [6, 6.07) is 0. The Balaban J connectivity index is 3.22. The quantitative estimate of drug-likeness (QED) is 0.442. The molecule has 0 aliphatic rings. The fourth-order valence-corrected chi connectivity index (χ4v) is 0.897. The molecule has 0 saturated heterocycles. The molecular formula is C10H21NO4. The largest absolute Gasteiger partial charge is 0.464 e. The van der Waals surface area contributed by atoms with Crippen LogP contribution in [0.3, 0.4) is 0 Å². The lowest BCUT2D eigenvalue weighted by Crippen LogP contribution is -2.36. The summed E-state index contributed by atoms with van der Waals surface area (Å²) in [7, 11) is 0. The summed E-state index contributed by atoms with van der Waals surface area (Å²) in [6.45, 7) is 7.08. The lowest BCUT2D eigenvalue weighted by molar-refractivity contribution is -0.148. The second-order valence-electron chi connectivity index (χ2n) is 3.85. The molecule has 90 valence electrons. The average molecular weight is 219 g/mol. The van der Waals surface area contributed by atoms with Gasteiger partial charge >= 0.3 is 5.97 Å². The highest BCUT2D eigenvalue weighted by Gasteiger charge is 2.10. The van der Waals surface area contributed by atoms with Crippen molar-refractivity contribution in [2.45, 2.75) is 26.4 Å². The third kappa shape index (κ3) is 11.3. The Morgan fingerprint density at radius 3 is 2.67 bits per heavy atom. The molecule has 2 N–H and O–H groups in total. The van der Waals surface area contributed by atoms with Crippen molar-refractivity contribution in [3.8, 4) is 0 Å². The number of carbonyl (C=O) groups excluding carboxylic acids is 1. The second kappa shape index (κ2) is 7.62. The molecule has 0 heterocycles. The lowest BCUT2D eigenvalue weighted by atomic mass is 10.1. The highest BCUT2D eigenvalue weighted by molar-refractivity contribution is 5.70. The standard InChI is InChI=1S/C10H21NO4/c1-4-15-9(12)7-14-6-5-11-8-10(2,3)13/h11,13H,4-8H2,1-3H3. The molecule has 0 aliphatic carbocycles. The minimum atomic E-state index is -0.721. The first-order valence-electron chi connectivity index (χ1n) is 5.12. The van der Waals surface area contributed by atoms with Gasteiger partial charge in [-0.2, -0.15) is 0 Å². The lowest BCUT2D eigenvalue weighted by Gasteiger charge is -2.17. The van der Waals surface area contributed by atoms with Crippen LogP contribution >= 0.6 is 0 Å². The van der Waals surface area contributed by atoms with E-state index in [1.165, 1.54) is 0 Å². The highest BCUT2D eigenvalue weighted by Crippen LogP contribution is 1.96. The predicted molar refractivity (Wildman–Crippen MR) is 56.6 cm³/mol. The first-order valence-corrected chi connectivity index (χ1v) is 5.12. The van der Waals surface area contributed by atoms with Gasteiger partial charge in [0.15, 0.2) is 0 Å². The molecule has 0 saturated carbocycles. The molecule has 0 radical (unpaired) electrons. The topological polar surface area (TPSA) is 67.8 Å². The molecule has 0 amide bonds. The van der Waals surface area contributed by atoms with Crippen molar-refractivity contribution in [1.29, 1.82) is 0 Å². The summed E-state index contributed by atoms with van der Waals surface area (Å²) in [5, 5.41) is 12.4. The summed E-state index contributed by atoms with van der Waals surface area (Å²) in [4.78, 5) is 10.8. The van der Waals surface area contributed by atoms with Gasteiger partial charge in [0.05, 0.1) is 18.8 Å². The molecule has 15 heavy (non-hydrogen) atoms. The molecule has 0 aromatic heterocycles. The Morgan fingerprint density at radius 1 is 1.47 bits per heavy atom. The molecule has 0 unspecified atom stereocenters. The molecule has 5 nitrogen and oxygen atoms in total. The average Bonchev–Trinajstić information content (AvgIpc) is 2.09. The first kappa shape index (κ1) is 14.3. The fraction of sp³-hybridized carbons (Fsp3) is 0.900. The van der Waals surface area contributed by atoms with E-state index < -0.39 is 5.60 Å². The van der Waals surface area contributed by atoms with Crippen LogP contribution in [-0.4, -0.2) is 49.6 Å². The number of carbonyl (C=O) groups is 1. The van der Waals surface area contributed by atoms with Gasteiger partial charge in [-0.15, -0.1) is 0 Å². The summed E-state index contributed by atoms with van der Waals surface area (Å²) < 4.78 is 9.72. The number of nitrogens with one attached hydrogen (secondary N) is 1. The molecule has 0 fully saturated rings. The molecular weight excluding hydrogens is 198 g/mol. The van der Waals surface area contributed by atoms with E-state index in [2.05, 4.69) is 10.1 Å². The van der Waals surface area contributed by atoms with Crippen LogP contribution in [-0.2, 0) is 14.3 Å². The summed E-state index contributed by atoms with van der Waals surface area (Å²) in [5.74, 6) is -0.347. The second-order valence-corrected chi connectivity index (χ2v) is 3.85. The third-order valence-electron chi connectivity index (χ3n) is 1.51. The van der Waals surface area contributed by atoms with Crippen molar-refractivity contribution in [1.82, 2.24) is 5.32 Å². The number of rotatable bonds is 8. The van der Waals surface area contributed by atoms with Crippen molar-refractivity contribution in [3.05, 3.63) is 0 Å². The Bertz CT molecular complexity index is 177. The van der Waals surface area contributed by atoms with Gasteiger partial charge in [-0.3, -0.25) is 0 Å². The van der Waals surface area contributed by atoms with Gasteiger partial charge in [0.25, 0.3) is 0 Å². The Labute approximate surface area is 90.8 Å². The van der Waals surface area contributed by atoms with Gasteiger partial charge in [-0.05, 0) is 20.8 Å². The normalized spacial score (nSPS) is 11.5. The van der Waals surface area contributed by atoms with E-state index in [9.17, 15) is 9.90 Å². The van der Waals surface area contributed by atoms with Crippen LogP contribution in [0.4, 0.5) is 0 Å². The van der Waals surface area contributed by atoms with Crippen molar-refractivity contribution in [2.75, 3.05) is 32.9 Å². The van der Waals surface area contributed by atoms with Gasteiger partial charge in [0.2, 0.25) is 0 Å². The van der Waals surface area contributed by atoms with Gasteiger partial charge < -0.3 is 19.9 Å². The summed E-state index contributed by atoms with van der Waals surface area (Å²) >= 11 is 0. The summed E-state index contributed by atoms with van der Waals surface area (Å²) in [6.07, 6.45) is 0. The molecule has 0 rings (SSSR count). The maximum atomic E-state index is 10.8.